The molecule has 1 atom stereocenters. The minimum atomic E-state index is -0.208. The fraction of sp³-hybridized carbons (Fsp3) is 0.471. The predicted octanol–water partition coefficient (Wildman–Crippen LogP) is 3.27. The van der Waals surface area contributed by atoms with Gasteiger partial charge in [0.25, 0.3) is 0 Å². The smallest absolute Gasteiger partial charge is 0.148 e. The van der Waals surface area contributed by atoms with Crippen LogP contribution in [-0.4, -0.2) is 16.3 Å². The van der Waals surface area contributed by atoms with Crippen molar-refractivity contribution in [3.63, 3.8) is 0 Å². The average Bonchev–Trinajstić information content (AvgIpc) is 3.28. The maximum absolute atomic E-state index is 14.2. The number of halogens is 1. The lowest BCUT2D eigenvalue weighted by atomic mass is 9.84. The molecule has 2 aliphatic carbocycles. The van der Waals surface area contributed by atoms with Crippen LogP contribution < -0.4 is 5.73 Å². The summed E-state index contributed by atoms with van der Waals surface area (Å²) in [5.74, 6) is 0.754. The number of nitrogens with two attached hydrogens (primary N) is 1. The molecule has 1 saturated carbocycles. The summed E-state index contributed by atoms with van der Waals surface area (Å²) in [4.78, 5) is 0. The molecule has 2 N–H and O–H groups in total. The molecule has 1 fully saturated rings. The van der Waals surface area contributed by atoms with Gasteiger partial charge in [0.15, 0.2) is 0 Å². The van der Waals surface area contributed by atoms with Gasteiger partial charge in [-0.2, -0.15) is 5.10 Å². The molecule has 4 heteroatoms. The fourth-order valence-corrected chi connectivity index (χ4v) is 3.55. The summed E-state index contributed by atoms with van der Waals surface area (Å²) in [6.07, 6.45) is 5.63. The Labute approximate surface area is 124 Å². The van der Waals surface area contributed by atoms with E-state index in [9.17, 15) is 4.39 Å². The van der Waals surface area contributed by atoms with Crippen LogP contribution in [0.3, 0.4) is 0 Å². The zero-order valence-electron chi connectivity index (χ0n) is 12.1. The number of rotatable bonds is 3. The van der Waals surface area contributed by atoms with Gasteiger partial charge in [0.1, 0.15) is 11.5 Å². The third kappa shape index (κ3) is 2.09. The van der Waals surface area contributed by atoms with E-state index in [4.69, 9.17) is 10.8 Å². The Morgan fingerprint density at radius 3 is 2.76 bits per heavy atom. The van der Waals surface area contributed by atoms with Crippen LogP contribution >= 0.6 is 0 Å². The van der Waals surface area contributed by atoms with Crippen molar-refractivity contribution in [3.05, 3.63) is 47.0 Å². The maximum atomic E-state index is 14.2. The van der Waals surface area contributed by atoms with Crippen LogP contribution in [0, 0.1) is 5.82 Å². The van der Waals surface area contributed by atoms with Crippen molar-refractivity contribution >= 4 is 0 Å². The first-order valence-corrected chi connectivity index (χ1v) is 7.86. The third-order valence-electron chi connectivity index (χ3n) is 4.75. The van der Waals surface area contributed by atoms with E-state index in [0.29, 0.717) is 24.1 Å². The quantitative estimate of drug-likeness (QED) is 0.940. The summed E-state index contributed by atoms with van der Waals surface area (Å²) < 4.78 is 16.0. The normalized spacial score (nSPS) is 21.3. The van der Waals surface area contributed by atoms with E-state index in [1.165, 1.54) is 35.9 Å². The number of hydrogen-bond donors (Lipinski definition) is 1. The first-order chi connectivity index (χ1) is 10.3. The van der Waals surface area contributed by atoms with Crippen molar-refractivity contribution in [3.8, 4) is 5.69 Å². The number of benzene rings is 1. The lowest BCUT2D eigenvalue weighted by Crippen LogP contribution is -2.19. The number of hydrogen-bond acceptors (Lipinski definition) is 2. The van der Waals surface area contributed by atoms with Gasteiger partial charge in [0, 0.05) is 17.2 Å². The van der Waals surface area contributed by atoms with E-state index >= 15 is 0 Å². The van der Waals surface area contributed by atoms with Gasteiger partial charge < -0.3 is 5.73 Å². The summed E-state index contributed by atoms with van der Waals surface area (Å²) in [5.41, 5.74) is 10.2. The van der Waals surface area contributed by atoms with Crippen molar-refractivity contribution in [1.82, 2.24) is 9.78 Å². The Kier molecular flexibility index (Phi) is 3.07. The van der Waals surface area contributed by atoms with Crippen molar-refractivity contribution in [2.75, 3.05) is 6.54 Å². The second kappa shape index (κ2) is 4.95. The Balaban J connectivity index is 1.91. The van der Waals surface area contributed by atoms with Crippen molar-refractivity contribution in [2.24, 2.45) is 5.73 Å². The predicted molar refractivity (Wildman–Crippen MR) is 80.2 cm³/mol. The maximum Gasteiger partial charge on any atom is 0.148 e. The Morgan fingerprint density at radius 1 is 1.24 bits per heavy atom. The Hall–Kier alpha value is -1.68. The Morgan fingerprint density at radius 2 is 2.05 bits per heavy atom. The molecule has 3 nitrogen and oxygen atoms in total. The number of para-hydroxylation sites is 1. The first kappa shape index (κ1) is 13.0. The molecule has 0 radical (unpaired) electrons. The van der Waals surface area contributed by atoms with Crippen LogP contribution in [0.15, 0.2) is 24.3 Å². The molecule has 1 heterocycles. The van der Waals surface area contributed by atoms with Gasteiger partial charge in [-0.25, -0.2) is 9.07 Å². The van der Waals surface area contributed by atoms with Crippen LogP contribution in [-0.2, 0) is 6.42 Å². The molecule has 4 rings (SSSR count). The Bertz CT molecular complexity index is 673. The van der Waals surface area contributed by atoms with Gasteiger partial charge in [-0.15, -0.1) is 0 Å². The third-order valence-corrected chi connectivity index (χ3v) is 4.75. The average molecular weight is 285 g/mol. The van der Waals surface area contributed by atoms with Crippen LogP contribution in [0.1, 0.15) is 54.5 Å². The second-order valence-electron chi connectivity index (χ2n) is 6.21. The number of nitrogens with zero attached hydrogens (tertiary/aromatic N) is 2. The zero-order valence-corrected chi connectivity index (χ0v) is 12.1. The number of fused-ring (bicyclic) bond motifs is 1. The lowest BCUT2D eigenvalue weighted by Gasteiger charge is -2.23. The van der Waals surface area contributed by atoms with Crippen LogP contribution in [0.4, 0.5) is 4.39 Å². The van der Waals surface area contributed by atoms with Gasteiger partial charge in [-0.05, 0) is 56.7 Å². The first-order valence-electron chi connectivity index (χ1n) is 7.86. The molecule has 0 bridgehead atoms. The zero-order chi connectivity index (χ0) is 14.4. The highest BCUT2D eigenvalue weighted by atomic mass is 19.1. The molecule has 2 aliphatic rings. The van der Waals surface area contributed by atoms with Crippen molar-refractivity contribution in [2.45, 2.75) is 43.9 Å². The highest BCUT2D eigenvalue weighted by Gasteiger charge is 2.36. The largest absolute Gasteiger partial charge is 0.330 e. The highest BCUT2D eigenvalue weighted by Crippen LogP contribution is 2.46. The molecule has 21 heavy (non-hydrogen) atoms. The topological polar surface area (TPSA) is 43.8 Å². The SMILES string of the molecule is NCC1CCCc2c1c(C1CC1)nn2-c1ccccc1F. The standard InChI is InChI=1S/C17H20FN3/c18-13-5-1-2-6-14(13)21-15-7-3-4-12(10-19)16(15)17(20-21)11-8-9-11/h1-2,5-6,11-12H,3-4,7-10,19H2. The molecule has 1 aromatic carbocycles. The molecule has 0 spiro atoms. The summed E-state index contributed by atoms with van der Waals surface area (Å²) in [5, 5.41) is 4.80. The van der Waals surface area contributed by atoms with Crippen LogP contribution in [0.5, 0.6) is 0 Å². The van der Waals surface area contributed by atoms with E-state index in [0.717, 1.165) is 19.3 Å². The fourth-order valence-electron chi connectivity index (χ4n) is 3.55. The molecule has 2 aromatic rings. The van der Waals surface area contributed by atoms with Crippen molar-refractivity contribution < 1.29 is 4.39 Å². The van der Waals surface area contributed by atoms with E-state index in [2.05, 4.69) is 0 Å². The summed E-state index contributed by atoms with van der Waals surface area (Å²) >= 11 is 0. The molecule has 1 unspecified atom stereocenters. The van der Waals surface area contributed by atoms with Gasteiger partial charge in [-0.3, -0.25) is 0 Å². The number of aromatic nitrogens is 2. The van der Waals surface area contributed by atoms with E-state index < -0.39 is 0 Å². The van der Waals surface area contributed by atoms with Crippen LogP contribution in [0.25, 0.3) is 5.69 Å². The molecule has 0 aliphatic heterocycles. The van der Waals surface area contributed by atoms with Crippen LogP contribution in [0.2, 0.25) is 0 Å². The molecule has 110 valence electrons. The minimum absolute atomic E-state index is 0.208. The summed E-state index contributed by atoms with van der Waals surface area (Å²) in [7, 11) is 0. The summed E-state index contributed by atoms with van der Waals surface area (Å²) in [6.45, 7) is 0.662. The van der Waals surface area contributed by atoms with Gasteiger partial charge in [-0.1, -0.05) is 12.1 Å². The van der Waals surface area contributed by atoms with Gasteiger partial charge in [0.05, 0.1) is 5.69 Å². The highest BCUT2D eigenvalue weighted by molar-refractivity contribution is 5.43. The lowest BCUT2D eigenvalue weighted by molar-refractivity contribution is 0.543. The van der Waals surface area contributed by atoms with Gasteiger partial charge >= 0.3 is 0 Å². The summed E-state index contributed by atoms with van der Waals surface area (Å²) in [6, 6.07) is 6.90. The van der Waals surface area contributed by atoms with E-state index in [1.807, 2.05) is 16.8 Å². The second-order valence-corrected chi connectivity index (χ2v) is 6.21. The molecular formula is C17H20FN3. The molecule has 0 saturated heterocycles. The molecule has 1 aromatic heterocycles. The monoisotopic (exact) mass is 285 g/mol. The van der Waals surface area contributed by atoms with E-state index in [1.54, 1.807) is 6.07 Å². The van der Waals surface area contributed by atoms with E-state index in [-0.39, 0.29) is 5.82 Å². The van der Waals surface area contributed by atoms with Crippen molar-refractivity contribution in [1.29, 1.82) is 0 Å². The minimum Gasteiger partial charge on any atom is -0.330 e. The molecule has 0 amide bonds. The van der Waals surface area contributed by atoms with Gasteiger partial charge in [0.2, 0.25) is 0 Å². The molecular weight excluding hydrogens is 265 g/mol.